The Kier molecular flexibility index (Phi) is 7.04. The van der Waals surface area contributed by atoms with E-state index in [9.17, 15) is 4.79 Å². The number of esters is 1. The number of morpholine rings is 1. The van der Waals surface area contributed by atoms with Crippen LogP contribution in [0.5, 0.6) is 0 Å². The van der Waals surface area contributed by atoms with Crippen LogP contribution in [0.25, 0.3) is 0 Å². The van der Waals surface area contributed by atoms with Crippen LogP contribution in [-0.4, -0.2) is 67.5 Å². The van der Waals surface area contributed by atoms with Crippen molar-refractivity contribution in [3.8, 4) is 0 Å². The highest BCUT2D eigenvalue weighted by molar-refractivity contribution is 7.79. The Hall–Kier alpha value is -1.83. The predicted molar refractivity (Wildman–Crippen MR) is 100 cm³/mol. The van der Waals surface area contributed by atoms with Gasteiger partial charge in [0.2, 0.25) is 6.61 Å². The Bertz CT molecular complexity index is 622. The molecule has 0 saturated carbocycles. The van der Waals surface area contributed by atoms with Crippen molar-refractivity contribution in [2.75, 3.05) is 40.0 Å². The number of ether oxygens (including phenoxy) is 2. The standard InChI is InChI=1S/C18H24N2O4S/c1-18(2,20-8-10-23-11-9-20)17(19-24-12-16(21)22-3)15-6-4-14(13-25)5-7-15/h4-7,13H,8-12H2,1-3H3/b19-17-. The minimum atomic E-state index is -0.469. The lowest BCUT2D eigenvalue weighted by molar-refractivity contribution is -0.145. The van der Waals surface area contributed by atoms with Crippen molar-refractivity contribution in [3.63, 3.8) is 0 Å². The van der Waals surface area contributed by atoms with Crippen LogP contribution in [0, 0.1) is 0 Å². The van der Waals surface area contributed by atoms with E-state index in [4.69, 9.17) is 21.8 Å². The minimum Gasteiger partial charge on any atom is -0.466 e. The molecule has 0 radical (unpaired) electrons. The van der Waals surface area contributed by atoms with E-state index in [1.54, 1.807) is 5.37 Å². The first kappa shape index (κ1) is 19.5. The largest absolute Gasteiger partial charge is 0.466 e. The van der Waals surface area contributed by atoms with Crippen LogP contribution in [0.1, 0.15) is 25.0 Å². The first-order valence-electron chi connectivity index (χ1n) is 8.14. The summed E-state index contributed by atoms with van der Waals surface area (Å²) in [6, 6.07) is 7.79. The summed E-state index contributed by atoms with van der Waals surface area (Å²) < 4.78 is 10.0. The SMILES string of the molecule is COC(=O)CO/N=C(/c1ccc(C=S)cc1)C(C)(C)N1CCOCC1. The average Bonchev–Trinajstić information content (AvgIpc) is 2.65. The smallest absolute Gasteiger partial charge is 0.346 e. The summed E-state index contributed by atoms with van der Waals surface area (Å²) in [7, 11) is 1.32. The summed E-state index contributed by atoms with van der Waals surface area (Å²) in [6.45, 7) is 6.93. The molecule has 2 rings (SSSR count). The number of thiocarbonyl (C=S) groups is 1. The molecule has 0 aliphatic carbocycles. The van der Waals surface area contributed by atoms with Gasteiger partial charge in [-0.1, -0.05) is 41.6 Å². The van der Waals surface area contributed by atoms with Gasteiger partial charge in [-0.2, -0.15) is 0 Å². The average molecular weight is 364 g/mol. The molecule has 0 aromatic heterocycles. The third kappa shape index (κ3) is 5.07. The Morgan fingerprint density at radius 2 is 1.96 bits per heavy atom. The maximum atomic E-state index is 11.3. The molecule has 1 saturated heterocycles. The topological polar surface area (TPSA) is 60.4 Å². The Morgan fingerprint density at radius 3 is 2.52 bits per heavy atom. The van der Waals surface area contributed by atoms with E-state index in [1.165, 1.54) is 7.11 Å². The van der Waals surface area contributed by atoms with Gasteiger partial charge in [0.15, 0.2) is 0 Å². The fourth-order valence-corrected chi connectivity index (χ4v) is 2.87. The maximum Gasteiger partial charge on any atom is 0.346 e. The molecule has 1 fully saturated rings. The van der Waals surface area contributed by atoms with Gasteiger partial charge in [-0.15, -0.1) is 0 Å². The molecular formula is C18H24N2O4S. The second-order valence-electron chi connectivity index (χ2n) is 6.19. The third-order valence-electron chi connectivity index (χ3n) is 4.27. The highest BCUT2D eigenvalue weighted by Gasteiger charge is 2.35. The van der Waals surface area contributed by atoms with Crippen molar-refractivity contribution >= 4 is 29.3 Å². The van der Waals surface area contributed by atoms with Crippen molar-refractivity contribution in [2.45, 2.75) is 19.4 Å². The quantitative estimate of drug-likeness (QED) is 0.319. The molecule has 0 bridgehead atoms. The summed E-state index contributed by atoms with van der Waals surface area (Å²) in [4.78, 5) is 18.9. The molecule has 0 N–H and O–H groups in total. The number of nitrogens with zero attached hydrogens (tertiary/aromatic N) is 2. The molecule has 0 amide bonds. The zero-order valence-corrected chi connectivity index (χ0v) is 15.7. The minimum absolute atomic E-state index is 0.225. The number of hydrogen-bond donors (Lipinski definition) is 0. The molecule has 1 aliphatic rings. The molecule has 7 heteroatoms. The predicted octanol–water partition coefficient (Wildman–Crippen LogP) is 2.04. The monoisotopic (exact) mass is 364 g/mol. The molecule has 0 atom stereocenters. The first-order valence-corrected chi connectivity index (χ1v) is 8.62. The second kappa shape index (κ2) is 9.03. The molecule has 136 valence electrons. The maximum absolute atomic E-state index is 11.3. The van der Waals surface area contributed by atoms with E-state index in [2.05, 4.69) is 28.6 Å². The van der Waals surface area contributed by atoms with Gasteiger partial charge in [0.1, 0.15) is 5.71 Å². The second-order valence-corrected chi connectivity index (χ2v) is 6.42. The molecular weight excluding hydrogens is 340 g/mol. The van der Waals surface area contributed by atoms with Gasteiger partial charge in [0, 0.05) is 24.0 Å². The van der Waals surface area contributed by atoms with Crippen LogP contribution in [0.4, 0.5) is 0 Å². The van der Waals surface area contributed by atoms with Crippen molar-refractivity contribution in [2.24, 2.45) is 5.16 Å². The number of carbonyl (C=O) groups excluding carboxylic acids is 1. The zero-order valence-electron chi connectivity index (χ0n) is 14.9. The molecule has 0 unspecified atom stereocenters. The number of rotatable bonds is 7. The molecule has 1 aliphatic heterocycles. The molecule has 6 nitrogen and oxygen atoms in total. The Morgan fingerprint density at radius 1 is 1.32 bits per heavy atom. The third-order valence-corrected chi connectivity index (χ3v) is 4.54. The van der Waals surface area contributed by atoms with E-state index >= 15 is 0 Å². The van der Waals surface area contributed by atoms with Gasteiger partial charge in [0.05, 0.1) is 25.9 Å². The molecule has 0 spiro atoms. The van der Waals surface area contributed by atoms with Crippen LogP contribution in [0.15, 0.2) is 29.4 Å². The van der Waals surface area contributed by atoms with Gasteiger partial charge in [-0.3, -0.25) is 4.90 Å². The van der Waals surface area contributed by atoms with Gasteiger partial charge < -0.3 is 14.3 Å². The lowest BCUT2D eigenvalue weighted by Gasteiger charge is -2.41. The molecule has 1 aromatic rings. The van der Waals surface area contributed by atoms with Gasteiger partial charge >= 0.3 is 5.97 Å². The number of methoxy groups -OCH3 is 1. The van der Waals surface area contributed by atoms with E-state index < -0.39 is 5.97 Å². The van der Waals surface area contributed by atoms with Crippen LogP contribution >= 0.6 is 12.2 Å². The number of carbonyl (C=O) groups is 1. The van der Waals surface area contributed by atoms with E-state index in [0.717, 1.165) is 29.9 Å². The van der Waals surface area contributed by atoms with Crippen LogP contribution in [0.3, 0.4) is 0 Å². The zero-order chi connectivity index (χ0) is 18.3. The lowest BCUT2D eigenvalue weighted by atomic mass is 9.89. The normalized spacial score (nSPS) is 16.4. The molecule has 1 aromatic carbocycles. The first-order chi connectivity index (χ1) is 12.0. The highest BCUT2D eigenvalue weighted by Crippen LogP contribution is 2.23. The summed E-state index contributed by atoms with van der Waals surface area (Å²) in [6.07, 6.45) is 0. The van der Waals surface area contributed by atoms with Crippen LogP contribution in [0.2, 0.25) is 0 Å². The van der Waals surface area contributed by atoms with Gasteiger partial charge in [-0.25, -0.2) is 4.79 Å². The summed E-state index contributed by atoms with van der Waals surface area (Å²) in [5.74, 6) is -0.469. The summed E-state index contributed by atoms with van der Waals surface area (Å²) in [5, 5.41) is 5.91. The van der Waals surface area contributed by atoms with Crippen molar-refractivity contribution in [3.05, 3.63) is 35.4 Å². The number of hydrogen-bond acceptors (Lipinski definition) is 7. The Labute approximate surface area is 153 Å². The Balaban J connectivity index is 2.30. The van der Waals surface area contributed by atoms with E-state index in [0.29, 0.717) is 13.2 Å². The number of oxime groups is 1. The fourth-order valence-electron chi connectivity index (χ4n) is 2.72. The van der Waals surface area contributed by atoms with Crippen molar-refractivity contribution in [1.29, 1.82) is 0 Å². The lowest BCUT2D eigenvalue weighted by Crippen LogP contribution is -2.54. The number of benzene rings is 1. The van der Waals surface area contributed by atoms with Crippen LogP contribution < -0.4 is 0 Å². The fraction of sp³-hybridized carbons (Fsp3) is 0.500. The molecule has 1 heterocycles. The highest BCUT2D eigenvalue weighted by atomic mass is 32.1. The van der Waals surface area contributed by atoms with Crippen molar-refractivity contribution in [1.82, 2.24) is 4.90 Å². The summed E-state index contributed by atoms with van der Waals surface area (Å²) >= 11 is 4.96. The van der Waals surface area contributed by atoms with Gasteiger partial charge in [-0.05, 0) is 19.4 Å². The van der Waals surface area contributed by atoms with E-state index in [-0.39, 0.29) is 12.1 Å². The van der Waals surface area contributed by atoms with Crippen molar-refractivity contribution < 1.29 is 19.1 Å². The van der Waals surface area contributed by atoms with E-state index in [1.807, 2.05) is 24.3 Å². The van der Waals surface area contributed by atoms with Gasteiger partial charge in [0.25, 0.3) is 0 Å². The summed E-state index contributed by atoms with van der Waals surface area (Å²) in [5.41, 5.74) is 2.23. The van der Waals surface area contributed by atoms with Crippen LogP contribution in [-0.2, 0) is 19.1 Å². The molecule has 25 heavy (non-hydrogen) atoms.